The first-order valence-electron chi connectivity index (χ1n) is 11.1. The third-order valence-electron chi connectivity index (χ3n) is 6.86. The summed E-state index contributed by atoms with van der Waals surface area (Å²) in [6.45, 7) is -0.131. The van der Waals surface area contributed by atoms with Crippen LogP contribution in [0.25, 0.3) is 5.57 Å². The zero-order valence-corrected chi connectivity index (χ0v) is 17.0. The van der Waals surface area contributed by atoms with Crippen molar-refractivity contribution >= 4 is 11.6 Å². The molecule has 2 amide bonds. The molecule has 5 nitrogen and oxygen atoms in total. The van der Waals surface area contributed by atoms with Crippen LogP contribution in [0.3, 0.4) is 0 Å². The number of rotatable bonds is 4. The van der Waals surface area contributed by atoms with Crippen LogP contribution in [-0.4, -0.2) is 40.8 Å². The van der Waals surface area contributed by atoms with Crippen molar-refractivity contribution in [2.24, 2.45) is 0 Å². The molecule has 1 saturated heterocycles. The van der Waals surface area contributed by atoms with E-state index in [1.807, 2.05) is 12.1 Å². The topological polar surface area (TPSA) is 76.4 Å². The van der Waals surface area contributed by atoms with Crippen LogP contribution in [0.5, 0.6) is 0 Å². The number of urea groups is 1. The van der Waals surface area contributed by atoms with Crippen molar-refractivity contribution < 1.29 is 9.90 Å². The van der Waals surface area contributed by atoms with E-state index in [1.54, 1.807) is 4.90 Å². The summed E-state index contributed by atoms with van der Waals surface area (Å²) in [5.41, 5.74) is 3.61. The van der Waals surface area contributed by atoms with Gasteiger partial charge in [-0.15, -0.1) is 0 Å². The molecule has 2 fully saturated rings. The Morgan fingerprint density at radius 2 is 1.97 bits per heavy atom. The van der Waals surface area contributed by atoms with Gasteiger partial charge in [-0.25, -0.2) is 4.79 Å². The van der Waals surface area contributed by atoms with Gasteiger partial charge in [0.1, 0.15) is 6.04 Å². The summed E-state index contributed by atoms with van der Waals surface area (Å²) in [7, 11) is 0. The minimum Gasteiger partial charge on any atom is -0.394 e. The minimum atomic E-state index is -0.541. The second-order valence-corrected chi connectivity index (χ2v) is 8.60. The number of hydrogen-bond acceptors (Lipinski definition) is 3. The molecule has 0 unspecified atom stereocenters. The standard InChI is InChI=1S/C24H31N3O2/c25-15-21-23(20-14-8-7-13-19(20)17-9-3-1-4-10-17)22(16-28)27(21)24(29)26-18-11-5-2-6-12-18/h7-9,13-14,18,21-23,28H,1-6,10-12,16H2,(H,26,29)/t21-,22-,23+/m1/s1. The molecule has 3 atom stereocenters. The molecule has 3 aliphatic rings. The van der Waals surface area contributed by atoms with Gasteiger partial charge in [-0.1, -0.05) is 49.6 Å². The summed E-state index contributed by atoms with van der Waals surface area (Å²) >= 11 is 0. The quantitative estimate of drug-likeness (QED) is 0.799. The summed E-state index contributed by atoms with van der Waals surface area (Å²) in [6, 6.07) is 9.67. The number of nitrogens with zero attached hydrogens (tertiary/aromatic N) is 2. The summed E-state index contributed by atoms with van der Waals surface area (Å²) in [4.78, 5) is 14.5. The summed E-state index contributed by atoms with van der Waals surface area (Å²) in [6.07, 6.45) is 12.4. The van der Waals surface area contributed by atoms with Crippen LogP contribution in [-0.2, 0) is 0 Å². The van der Waals surface area contributed by atoms with E-state index in [4.69, 9.17) is 0 Å². The summed E-state index contributed by atoms with van der Waals surface area (Å²) < 4.78 is 0. The molecule has 0 spiro atoms. The van der Waals surface area contributed by atoms with E-state index in [2.05, 4.69) is 29.6 Å². The fourth-order valence-electron chi connectivity index (χ4n) is 5.32. The SMILES string of the molecule is N#C[C@@H]1[C@H](c2ccccc2C2=CCCCC2)[C@@H](CO)N1C(=O)NC1CCCCC1. The predicted octanol–water partition coefficient (Wildman–Crippen LogP) is 4.34. The van der Waals surface area contributed by atoms with Crippen LogP contribution in [0, 0.1) is 11.3 Å². The van der Waals surface area contributed by atoms with Gasteiger partial charge in [0, 0.05) is 12.0 Å². The monoisotopic (exact) mass is 393 g/mol. The molecule has 1 aliphatic heterocycles. The average molecular weight is 394 g/mol. The Hall–Kier alpha value is -2.32. The lowest BCUT2D eigenvalue weighted by Crippen LogP contribution is -2.68. The molecule has 1 aromatic rings. The molecular weight excluding hydrogens is 362 g/mol. The second kappa shape index (κ2) is 9.00. The number of nitriles is 1. The molecule has 1 aromatic carbocycles. The van der Waals surface area contributed by atoms with Crippen LogP contribution in [0.2, 0.25) is 0 Å². The number of likely N-dealkylation sites (tertiary alicyclic amines) is 1. The molecule has 2 aliphatic carbocycles. The first-order valence-corrected chi connectivity index (χ1v) is 11.1. The van der Waals surface area contributed by atoms with Crippen molar-refractivity contribution in [3.8, 4) is 6.07 Å². The molecule has 2 N–H and O–H groups in total. The maximum atomic E-state index is 12.9. The Labute approximate surface area is 173 Å². The highest BCUT2D eigenvalue weighted by Crippen LogP contribution is 2.44. The first kappa shape index (κ1) is 20.0. The van der Waals surface area contributed by atoms with Crippen molar-refractivity contribution in [2.45, 2.75) is 81.8 Å². The average Bonchev–Trinajstić information content (AvgIpc) is 2.75. The lowest BCUT2D eigenvalue weighted by atomic mass is 9.73. The fraction of sp³-hybridized carbons (Fsp3) is 0.583. The summed E-state index contributed by atoms with van der Waals surface area (Å²) in [5, 5.41) is 23.1. The molecule has 154 valence electrons. The largest absolute Gasteiger partial charge is 0.394 e. The van der Waals surface area contributed by atoms with Gasteiger partial charge in [0.2, 0.25) is 0 Å². The number of allylic oxidation sites excluding steroid dienone is 2. The highest BCUT2D eigenvalue weighted by molar-refractivity contribution is 5.78. The van der Waals surface area contributed by atoms with E-state index in [0.29, 0.717) is 0 Å². The highest BCUT2D eigenvalue weighted by Gasteiger charge is 2.52. The Morgan fingerprint density at radius 1 is 1.17 bits per heavy atom. The smallest absolute Gasteiger partial charge is 0.319 e. The zero-order chi connectivity index (χ0) is 20.2. The first-order chi connectivity index (χ1) is 14.2. The van der Waals surface area contributed by atoms with Gasteiger partial charge in [-0.2, -0.15) is 5.26 Å². The second-order valence-electron chi connectivity index (χ2n) is 8.60. The number of amides is 2. The van der Waals surface area contributed by atoms with E-state index in [1.165, 1.54) is 30.4 Å². The number of carbonyl (C=O) groups is 1. The van der Waals surface area contributed by atoms with Gasteiger partial charge < -0.3 is 15.3 Å². The van der Waals surface area contributed by atoms with Crippen LogP contribution in [0.1, 0.15) is 74.8 Å². The van der Waals surface area contributed by atoms with Crippen molar-refractivity contribution in [2.75, 3.05) is 6.61 Å². The molecule has 0 bridgehead atoms. The molecule has 0 aromatic heterocycles. The number of carbonyl (C=O) groups excluding carboxylic acids is 1. The van der Waals surface area contributed by atoms with E-state index in [0.717, 1.165) is 44.1 Å². The molecule has 5 heteroatoms. The lowest BCUT2D eigenvalue weighted by molar-refractivity contribution is 0.0152. The van der Waals surface area contributed by atoms with Crippen molar-refractivity contribution in [1.82, 2.24) is 10.2 Å². The zero-order valence-electron chi connectivity index (χ0n) is 17.0. The molecule has 0 radical (unpaired) electrons. The Balaban J connectivity index is 1.57. The number of benzene rings is 1. The van der Waals surface area contributed by atoms with Crippen molar-refractivity contribution in [3.63, 3.8) is 0 Å². The maximum absolute atomic E-state index is 12.9. The Kier molecular flexibility index (Phi) is 6.20. The predicted molar refractivity (Wildman–Crippen MR) is 113 cm³/mol. The fourth-order valence-corrected chi connectivity index (χ4v) is 5.32. The summed E-state index contributed by atoms with van der Waals surface area (Å²) in [5.74, 6) is -0.152. The van der Waals surface area contributed by atoms with E-state index >= 15 is 0 Å². The molecule has 4 rings (SSSR count). The van der Waals surface area contributed by atoms with Crippen molar-refractivity contribution in [1.29, 1.82) is 5.26 Å². The van der Waals surface area contributed by atoms with Crippen LogP contribution in [0.15, 0.2) is 30.3 Å². The maximum Gasteiger partial charge on any atom is 0.319 e. The van der Waals surface area contributed by atoms with Crippen molar-refractivity contribution in [3.05, 3.63) is 41.5 Å². The van der Waals surface area contributed by atoms with Gasteiger partial charge in [-0.05, 0) is 55.2 Å². The number of aliphatic hydroxyl groups excluding tert-OH is 1. The molecule has 1 saturated carbocycles. The van der Waals surface area contributed by atoms with E-state index in [9.17, 15) is 15.2 Å². The van der Waals surface area contributed by atoms with Gasteiger partial charge in [0.05, 0.1) is 18.7 Å². The Bertz CT molecular complexity index is 807. The van der Waals surface area contributed by atoms with E-state index < -0.39 is 6.04 Å². The number of nitrogens with one attached hydrogen (secondary N) is 1. The van der Waals surface area contributed by atoms with Gasteiger partial charge in [-0.3, -0.25) is 0 Å². The number of aliphatic hydroxyl groups is 1. The third-order valence-corrected chi connectivity index (χ3v) is 6.86. The minimum absolute atomic E-state index is 0.131. The van der Waals surface area contributed by atoms with Gasteiger partial charge in [0.25, 0.3) is 0 Å². The molecule has 29 heavy (non-hydrogen) atoms. The van der Waals surface area contributed by atoms with Gasteiger partial charge in [0.15, 0.2) is 0 Å². The number of hydrogen-bond donors (Lipinski definition) is 2. The Morgan fingerprint density at radius 3 is 2.66 bits per heavy atom. The van der Waals surface area contributed by atoms with E-state index in [-0.39, 0.29) is 30.6 Å². The van der Waals surface area contributed by atoms with Crippen LogP contribution in [0.4, 0.5) is 4.79 Å². The highest BCUT2D eigenvalue weighted by atomic mass is 16.3. The van der Waals surface area contributed by atoms with Gasteiger partial charge >= 0.3 is 6.03 Å². The van der Waals surface area contributed by atoms with Crippen LogP contribution < -0.4 is 5.32 Å². The lowest BCUT2D eigenvalue weighted by Gasteiger charge is -2.52. The third kappa shape index (κ3) is 3.91. The van der Waals surface area contributed by atoms with Crippen LogP contribution >= 0.6 is 0 Å². The molecular formula is C24H31N3O2. The normalized spacial score (nSPS) is 27.5. The molecule has 1 heterocycles.